The van der Waals surface area contributed by atoms with Crippen LogP contribution in [0.15, 0.2) is 0 Å². The Morgan fingerprint density at radius 2 is 0.800 bits per heavy atom. The molecular formula is C2H4Cl6Ge2. The molecule has 0 nitrogen and oxygen atoms in total. The van der Waals surface area contributed by atoms with Crippen molar-refractivity contribution in [2.75, 3.05) is 0 Å². The molecule has 0 saturated heterocycles. The molecule has 0 atom stereocenters. The molecule has 0 rings (SSSR count). The van der Waals surface area contributed by atoms with Gasteiger partial charge in [-0.1, -0.05) is 0 Å². The first-order valence-corrected chi connectivity index (χ1v) is 21.8. The Morgan fingerprint density at radius 3 is 0.900 bits per heavy atom. The standard InChI is InChI=1S/C2H4Cl6Ge2/c3-9(4,5)1-2-10(6,7)8/h1-2H2. The van der Waals surface area contributed by atoms with Gasteiger partial charge in [0.05, 0.1) is 0 Å². The predicted octanol–water partition coefficient (Wildman–Crippen LogP) is 4.30. The van der Waals surface area contributed by atoms with Gasteiger partial charge in [0.15, 0.2) is 0 Å². The summed E-state index contributed by atoms with van der Waals surface area (Å²) < 4.78 is 0. The van der Waals surface area contributed by atoms with Gasteiger partial charge in [-0.3, -0.25) is 0 Å². The van der Waals surface area contributed by atoms with Crippen molar-refractivity contribution in [3.05, 3.63) is 0 Å². The Hall–Kier alpha value is 2.83. The fraction of sp³-hybridized carbons (Fsp3) is 1.00. The molecule has 0 aliphatic rings. The molecule has 0 unspecified atom stereocenters. The van der Waals surface area contributed by atoms with Gasteiger partial charge >= 0.3 is 91.5 Å². The van der Waals surface area contributed by atoms with Crippen molar-refractivity contribution in [1.82, 2.24) is 0 Å². The van der Waals surface area contributed by atoms with E-state index in [0.717, 1.165) is 0 Å². The molecule has 0 aromatic rings. The van der Waals surface area contributed by atoms with E-state index >= 15 is 0 Å². The molecule has 8 heteroatoms. The summed E-state index contributed by atoms with van der Waals surface area (Å²) in [7, 11) is 27.7. The minimum atomic E-state index is -3.00. The van der Waals surface area contributed by atoms with Gasteiger partial charge in [0, 0.05) is 0 Å². The van der Waals surface area contributed by atoms with Crippen LogP contribution in [0.4, 0.5) is 0 Å². The van der Waals surface area contributed by atoms with E-state index in [4.69, 9.17) is 60.1 Å². The molecule has 0 radical (unpaired) electrons. The van der Waals surface area contributed by atoms with E-state index in [0.29, 0.717) is 10.5 Å². The van der Waals surface area contributed by atoms with E-state index in [1.54, 1.807) is 0 Å². The molecule has 0 spiro atoms. The summed E-state index contributed by atoms with van der Waals surface area (Å²) in [6.45, 7) is 0. The van der Waals surface area contributed by atoms with Crippen molar-refractivity contribution in [1.29, 1.82) is 0 Å². The Labute approximate surface area is 90.3 Å². The van der Waals surface area contributed by atoms with E-state index in [2.05, 4.69) is 0 Å². The second kappa shape index (κ2) is 4.90. The van der Waals surface area contributed by atoms with E-state index < -0.39 is 21.0 Å². The third kappa shape index (κ3) is 10.8. The molecule has 10 heavy (non-hydrogen) atoms. The van der Waals surface area contributed by atoms with Gasteiger partial charge in [0.1, 0.15) is 0 Å². The fourth-order valence-corrected chi connectivity index (χ4v) is 23.0. The summed E-state index contributed by atoms with van der Waals surface area (Å²) in [6, 6.07) is 0. The zero-order valence-corrected chi connectivity index (χ0v) is 13.4. The first-order chi connectivity index (χ1) is 4.21. The van der Waals surface area contributed by atoms with Crippen LogP contribution in [-0.2, 0) is 0 Å². The van der Waals surface area contributed by atoms with Gasteiger partial charge in [-0.05, 0) is 0 Å². The maximum absolute atomic E-state index is 5.61. The molecular weight excluding hydrogens is 382 g/mol. The third-order valence-electron chi connectivity index (χ3n) is 0.692. The monoisotopic (exact) mass is 386 g/mol. The van der Waals surface area contributed by atoms with Crippen LogP contribution in [0.3, 0.4) is 0 Å². The zero-order chi connectivity index (χ0) is 8.41. The topological polar surface area (TPSA) is 0 Å². The SMILES string of the molecule is [Cl][Ge]([Cl])([Cl])[CH2][CH2][Ge]([Cl])([Cl])[Cl]. The predicted molar refractivity (Wildman–Crippen MR) is 56.2 cm³/mol. The van der Waals surface area contributed by atoms with E-state index in [-0.39, 0.29) is 0 Å². The first-order valence-electron chi connectivity index (χ1n) is 2.34. The van der Waals surface area contributed by atoms with Crippen LogP contribution in [0.1, 0.15) is 0 Å². The quantitative estimate of drug-likeness (QED) is 0.635. The van der Waals surface area contributed by atoms with E-state index in [1.165, 1.54) is 0 Å². The summed E-state index contributed by atoms with van der Waals surface area (Å²) in [5.74, 6) is 0. The molecule has 0 amide bonds. The minimum absolute atomic E-state index is 0.501. The normalized spacial score (nSPS) is 13.8. The third-order valence-corrected chi connectivity index (χ3v) is 12.2. The number of hydrogen-bond donors (Lipinski definition) is 0. The Balaban J connectivity index is 3.56. The molecule has 0 aliphatic carbocycles. The van der Waals surface area contributed by atoms with Crippen LogP contribution >= 0.6 is 60.1 Å². The van der Waals surface area contributed by atoms with Gasteiger partial charge in [-0.25, -0.2) is 0 Å². The second-order valence-electron chi connectivity index (χ2n) is 1.73. The summed E-state index contributed by atoms with van der Waals surface area (Å²) in [5.41, 5.74) is 0. The van der Waals surface area contributed by atoms with Crippen LogP contribution in [0.25, 0.3) is 0 Å². The van der Waals surface area contributed by atoms with Crippen molar-refractivity contribution in [2.45, 2.75) is 10.5 Å². The van der Waals surface area contributed by atoms with Gasteiger partial charge in [0.25, 0.3) is 0 Å². The van der Waals surface area contributed by atoms with Crippen LogP contribution in [0, 0.1) is 0 Å². The van der Waals surface area contributed by atoms with E-state index in [9.17, 15) is 0 Å². The molecule has 0 aliphatic heterocycles. The van der Waals surface area contributed by atoms with Gasteiger partial charge < -0.3 is 0 Å². The fourth-order valence-electron chi connectivity index (χ4n) is 0.283. The molecule has 0 aromatic carbocycles. The number of halogens is 6. The van der Waals surface area contributed by atoms with Gasteiger partial charge in [0.2, 0.25) is 0 Å². The summed E-state index contributed by atoms with van der Waals surface area (Å²) in [4.78, 5) is 0. The van der Waals surface area contributed by atoms with Crippen LogP contribution in [0.5, 0.6) is 0 Å². The van der Waals surface area contributed by atoms with Crippen molar-refractivity contribution in [3.63, 3.8) is 0 Å². The second-order valence-corrected chi connectivity index (χ2v) is 35.1. The number of rotatable bonds is 3. The van der Waals surface area contributed by atoms with Crippen molar-refractivity contribution >= 4 is 81.0 Å². The molecule has 0 heterocycles. The van der Waals surface area contributed by atoms with Crippen LogP contribution in [-0.4, -0.2) is 21.0 Å². The molecule has 0 bridgehead atoms. The summed E-state index contributed by atoms with van der Waals surface area (Å²) >= 11 is 0. The average Bonchev–Trinajstić information content (AvgIpc) is 1.57. The van der Waals surface area contributed by atoms with Crippen LogP contribution < -0.4 is 0 Å². The molecule has 62 valence electrons. The van der Waals surface area contributed by atoms with Gasteiger partial charge in [-0.15, -0.1) is 0 Å². The molecule has 0 saturated carbocycles. The van der Waals surface area contributed by atoms with Crippen molar-refractivity contribution in [3.8, 4) is 0 Å². The van der Waals surface area contributed by atoms with Gasteiger partial charge in [-0.2, -0.15) is 0 Å². The van der Waals surface area contributed by atoms with Crippen molar-refractivity contribution < 1.29 is 0 Å². The number of hydrogen-bond acceptors (Lipinski definition) is 0. The molecule has 0 aromatic heterocycles. The first kappa shape index (κ1) is 12.8. The van der Waals surface area contributed by atoms with Crippen LogP contribution in [0.2, 0.25) is 10.5 Å². The van der Waals surface area contributed by atoms with Crippen molar-refractivity contribution in [2.24, 2.45) is 0 Å². The summed E-state index contributed by atoms with van der Waals surface area (Å²) in [5, 5.41) is 1.00. The average molecular weight is 386 g/mol. The Morgan fingerprint density at radius 1 is 0.600 bits per heavy atom. The summed E-state index contributed by atoms with van der Waals surface area (Å²) in [6.07, 6.45) is 0. The Bertz CT molecular complexity index is 87.3. The molecule has 0 N–H and O–H groups in total. The van der Waals surface area contributed by atoms with E-state index in [1.807, 2.05) is 0 Å². The maximum atomic E-state index is 5.61. The molecule has 0 fully saturated rings. The zero-order valence-electron chi connectivity index (χ0n) is 4.68. The Kier molecular flexibility index (Phi) is 6.28.